The van der Waals surface area contributed by atoms with Crippen LogP contribution in [-0.4, -0.2) is 35.3 Å². The fourth-order valence-corrected chi connectivity index (χ4v) is 3.86. The molecule has 2 N–H and O–H groups in total. The van der Waals surface area contributed by atoms with Gasteiger partial charge in [-0.2, -0.15) is 0 Å². The first-order chi connectivity index (χ1) is 9.48. The molecule has 2 aliphatic rings. The number of fused-ring (bicyclic) bond motifs is 2. The van der Waals surface area contributed by atoms with E-state index in [-0.39, 0.29) is 16.1 Å². The van der Waals surface area contributed by atoms with Gasteiger partial charge in [-0.3, -0.25) is 0 Å². The van der Waals surface area contributed by atoms with Crippen LogP contribution in [0.25, 0.3) is 0 Å². The second-order valence-corrected chi connectivity index (χ2v) is 6.70. The fourth-order valence-electron chi connectivity index (χ4n) is 3.00. The first kappa shape index (κ1) is 13.7. The van der Waals surface area contributed by atoms with E-state index >= 15 is 0 Å². The van der Waals surface area contributed by atoms with Crippen molar-refractivity contribution < 1.29 is 22.6 Å². The van der Waals surface area contributed by atoms with Crippen LogP contribution in [-0.2, 0) is 20.2 Å². The smallest absolute Gasteiger partial charge is 0.245 e. The Kier molecular flexibility index (Phi) is 3.15. The highest BCUT2D eigenvalue weighted by molar-refractivity contribution is 7.89. The van der Waals surface area contributed by atoms with Gasteiger partial charge in [0.1, 0.15) is 11.5 Å². The van der Waals surface area contributed by atoms with Crippen LogP contribution in [0.3, 0.4) is 0 Å². The molecule has 0 saturated carbocycles. The van der Waals surface area contributed by atoms with Crippen molar-refractivity contribution in [1.82, 2.24) is 0 Å². The zero-order valence-corrected chi connectivity index (χ0v) is 12.0. The predicted octanol–water partition coefficient (Wildman–Crippen LogP) is 0.783. The van der Waals surface area contributed by atoms with Crippen LogP contribution in [0.1, 0.15) is 18.4 Å². The maximum atomic E-state index is 11.8. The Labute approximate surface area is 117 Å². The van der Waals surface area contributed by atoms with Gasteiger partial charge in [0, 0.05) is 24.2 Å². The molecule has 2 aliphatic heterocycles. The van der Waals surface area contributed by atoms with E-state index in [4.69, 9.17) is 19.3 Å². The number of ether oxygens (including phenoxy) is 3. The number of hydrogen-bond donors (Lipinski definition) is 1. The number of rotatable bonds is 2. The van der Waals surface area contributed by atoms with E-state index in [1.807, 2.05) is 6.07 Å². The van der Waals surface area contributed by atoms with Gasteiger partial charge in [0.05, 0.1) is 13.7 Å². The second kappa shape index (κ2) is 4.61. The number of nitrogens with two attached hydrogens (primary N) is 1. The molecule has 0 bridgehead atoms. The van der Waals surface area contributed by atoms with E-state index in [0.717, 1.165) is 18.4 Å². The van der Waals surface area contributed by atoms with Crippen molar-refractivity contribution in [1.29, 1.82) is 0 Å². The summed E-state index contributed by atoms with van der Waals surface area (Å²) in [4.78, 5) is -0.0548. The molecule has 0 aromatic heterocycles. The maximum absolute atomic E-state index is 11.8. The maximum Gasteiger partial charge on any atom is 0.245 e. The minimum Gasteiger partial charge on any atom is -0.495 e. The molecular weight excluding hydrogens is 282 g/mol. The van der Waals surface area contributed by atoms with Crippen LogP contribution in [0.4, 0.5) is 0 Å². The Bertz CT molecular complexity index is 634. The summed E-state index contributed by atoms with van der Waals surface area (Å²) in [5, 5.41) is 5.31. The lowest BCUT2D eigenvalue weighted by atomic mass is 9.76. The number of sulfonamides is 1. The molecule has 1 fully saturated rings. The van der Waals surface area contributed by atoms with Gasteiger partial charge >= 0.3 is 0 Å². The molecule has 3 rings (SSSR count). The van der Waals surface area contributed by atoms with Crippen molar-refractivity contribution >= 4 is 10.0 Å². The van der Waals surface area contributed by atoms with Gasteiger partial charge in [0.25, 0.3) is 0 Å². The Morgan fingerprint density at radius 3 is 2.60 bits per heavy atom. The van der Waals surface area contributed by atoms with Gasteiger partial charge < -0.3 is 14.2 Å². The van der Waals surface area contributed by atoms with Gasteiger partial charge in [-0.1, -0.05) is 6.07 Å². The van der Waals surface area contributed by atoms with Gasteiger partial charge in [0.2, 0.25) is 10.0 Å². The van der Waals surface area contributed by atoms with E-state index < -0.39 is 10.0 Å². The summed E-state index contributed by atoms with van der Waals surface area (Å²) in [7, 11) is -2.50. The number of primary sulfonamides is 1. The third-order valence-electron chi connectivity index (χ3n) is 4.09. The van der Waals surface area contributed by atoms with E-state index in [2.05, 4.69) is 0 Å². The van der Waals surface area contributed by atoms with Crippen molar-refractivity contribution in [3.05, 3.63) is 17.7 Å². The zero-order valence-electron chi connectivity index (χ0n) is 11.2. The zero-order chi connectivity index (χ0) is 14.4. The Morgan fingerprint density at radius 1 is 1.30 bits per heavy atom. The van der Waals surface area contributed by atoms with Crippen molar-refractivity contribution in [2.45, 2.75) is 23.2 Å². The Balaban J connectivity index is 2.19. The molecule has 2 heterocycles. The highest BCUT2D eigenvalue weighted by atomic mass is 32.2. The lowest BCUT2D eigenvalue weighted by Crippen LogP contribution is -2.35. The molecule has 0 unspecified atom stereocenters. The molecule has 1 aromatic carbocycles. The van der Waals surface area contributed by atoms with E-state index in [1.54, 1.807) is 6.07 Å². The third-order valence-corrected chi connectivity index (χ3v) is 5.05. The average molecular weight is 299 g/mol. The summed E-state index contributed by atoms with van der Waals surface area (Å²) < 4.78 is 39.9. The SMILES string of the molecule is COc1ccc2c(c1S(N)(=O)=O)OCC21CCOCC1. The van der Waals surface area contributed by atoms with Crippen molar-refractivity contribution in [3.63, 3.8) is 0 Å². The lowest BCUT2D eigenvalue weighted by molar-refractivity contribution is 0.0419. The largest absolute Gasteiger partial charge is 0.495 e. The van der Waals surface area contributed by atoms with E-state index in [9.17, 15) is 8.42 Å². The molecule has 0 radical (unpaired) electrons. The molecule has 1 spiro atoms. The highest BCUT2D eigenvalue weighted by Crippen LogP contribution is 2.49. The molecule has 1 saturated heterocycles. The summed E-state index contributed by atoms with van der Waals surface area (Å²) in [6, 6.07) is 3.52. The van der Waals surface area contributed by atoms with Gasteiger partial charge in [-0.25, -0.2) is 13.6 Å². The summed E-state index contributed by atoms with van der Waals surface area (Å²) >= 11 is 0. The van der Waals surface area contributed by atoms with Crippen LogP contribution >= 0.6 is 0 Å². The topological polar surface area (TPSA) is 87.9 Å². The third kappa shape index (κ3) is 1.97. The molecule has 20 heavy (non-hydrogen) atoms. The minimum atomic E-state index is -3.91. The molecule has 0 aliphatic carbocycles. The van der Waals surface area contributed by atoms with Gasteiger partial charge in [0.15, 0.2) is 4.90 Å². The van der Waals surface area contributed by atoms with Crippen LogP contribution < -0.4 is 14.6 Å². The molecule has 0 amide bonds. The fraction of sp³-hybridized carbons (Fsp3) is 0.538. The monoisotopic (exact) mass is 299 g/mol. The molecule has 1 aromatic rings. The summed E-state index contributed by atoms with van der Waals surface area (Å²) in [5.74, 6) is 0.559. The number of methoxy groups -OCH3 is 1. The first-order valence-corrected chi connectivity index (χ1v) is 7.97. The van der Waals surface area contributed by atoms with Crippen molar-refractivity contribution in [3.8, 4) is 11.5 Å². The van der Waals surface area contributed by atoms with Gasteiger partial charge in [-0.05, 0) is 18.9 Å². The minimum absolute atomic E-state index is 0.0548. The molecule has 6 nitrogen and oxygen atoms in total. The average Bonchev–Trinajstić information content (AvgIpc) is 2.76. The van der Waals surface area contributed by atoms with Gasteiger partial charge in [-0.15, -0.1) is 0 Å². The normalized spacial score (nSPS) is 20.5. The summed E-state index contributed by atoms with van der Waals surface area (Å²) in [6.07, 6.45) is 1.63. The molecule has 0 atom stereocenters. The van der Waals surface area contributed by atoms with E-state index in [0.29, 0.717) is 25.6 Å². The van der Waals surface area contributed by atoms with Crippen molar-refractivity contribution in [2.75, 3.05) is 26.9 Å². The molecular formula is C13H17NO5S. The van der Waals surface area contributed by atoms with E-state index in [1.165, 1.54) is 7.11 Å². The van der Waals surface area contributed by atoms with Crippen LogP contribution in [0.2, 0.25) is 0 Å². The summed E-state index contributed by atoms with van der Waals surface area (Å²) in [5.41, 5.74) is 0.727. The van der Waals surface area contributed by atoms with Crippen LogP contribution in [0.5, 0.6) is 11.5 Å². The lowest BCUT2D eigenvalue weighted by Gasteiger charge is -2.32. The van der Waals surface area contributed by atoms with Crippen molar-refractivity contribution in [2.24, 2.45) is 5.14 Å². The number of benzene rings is 1. The molecule has 7 heteroatoms. The second-order valence-electron chi connectivity index (χ2n) is 5.20. The summed E-state index contributed by atoms with van der Waals surface area (Å²) in [6.45, 7) is 1.76. The predicted molar refractivity (Wildman–Crippen MR) is 71.6 cm³/mol. The number of hydrogen-bond acceptors (Lipinski definition) is 5. The Morgan fingerprint density at radius 2 is 2.00 bits per heavy atom. The Hall–Kier alpha value is -1.31. The highest BCUT2D eigenvalue weighted by Gasteiger charge is 2.44. The standard InChI is InChI=1S/C13H17NO5S/c1-17-10-3-2-9-11(12(10)20(14,15)16)19-8-13(9)4-6-18-7-5-13/h2-3H,4-8H2,1H3,(H2,14,15,16). The quantitative estimate of drug-likeness (QED) is 0.872. The molecule has 110 valence electrons. The van der Waals surface area contributed by atoms with Crippen LogP contribution in [0, 0.1) is 0 Å². The first-order valence-electron chi connectivity index (χ1n) is 6.43. The van der Waals surface area contributed by atoms with Crippen LogP contribution in [0.15, 0.2) is 17.0 Å².